The minimum atomic E-state index is -0.193. The second kappa shape index (κ2) is 10.3. The van der Waals surface area contributed by atoms with E-state index in [0.717, 1.165) is 12.0 Å². The van der Waals surface area contributed by atoms with Gasteiger partial charge < -0.3 is 19.9 Å². The highest BCUT2D eigenvalue weighted by molar-refractivity contribution is 5.91. The summed E-state index contributed by atoms with van der Waals surface area (Å²) < 4.78 is 5.29. The molecule has 3 rings (SSSR count). The molecule has 1 heterocycles. The normalized spacial score (nSPS) is 15.0. The lowest BCUT2D eigenvalue weighted by Crippen LogP contribution is -2.52. The molecule has 0 aliphatic carbocycles. The molecule has 1 N–H and O–H groups in total. The molecule has 1 unspecified atom stereocenters. The molecule has 0 aromatic heterocycles. The van der Waals surface area contributed by atoms with Crippen molar-refractivity contribution in [2.45, 2.75) is 33.1 Å². The molecule has 3 amide bonds. The van der Waals surface area contributed by atoms with E-state index in [4.69, 9.17) is 4.74 Å². The van der Waals surface area contributed by atoms with Crippen LogP contribution in [0, 0.1) is 5.92 Å². The monoisotopic (exact) mass is 423 g/mol. The zero-order chi connectivity index (χ0) is 22.4. The Kier molecular flexibility index (Phi) is 7.55. The van der Waals surface area contributed by atoms with Crippen LogP contribution in [-0.2, 0) is 11.2 Å². The SMILES string of the molecule is COc1ccccc1NC(=O)N1CCN(C(=O)C(C)c2ccc(CC(C)C)cc2)CC1. The topological polar surface area (TPSA) is 61.9 Å². The van der Waals surface area contributed by atoms with E-state index in [1.165, 1.54) is 5.56 Å². The number of amides is 3. The fourth-order valence-corrected chi connectivity index (χ4v) is 3.90. The van der Waals surface area contributed by atoms with Gasteiger partial charge in [-0.2, -0.15) is 0 Å². The first-order chi connectivity index (χ1) is 14.9. The average molecular weight is 424 g/mol. The predicted octanol–water partition coefficient (Wildman–Crippen LogP) is 4.37. The van der Waals surface area contributed by atoms with Gasteiger partial charge in [-0.25, -0.2) is 4.79 Å². The molecule has 1 aliphatic heterocycles. The number of carbonyl (C=O) groups is 2. The first-order valence-electron chi connectivity index (χ1n) is 11.0. The van der Waals surface area contributed by atoms with Crippen LogP contribution in [-0.4, -0.2) is 55.0 Å². The number of methoxy groups -OCH3 is 1. The fourth-order valence-electron chi connectivity index (χ4n) is 3.90. The maximum absolute atomic E-state index is 13.0. The number of nitrogens with zero attached hydrogens (tertiary/aromatic N) is 2. The first-order valence-corrected chi connectivity index (χ1v) is 11.0. The number of hydrogen-bond acceptors (Lipinski definition) is 3. The summed E-state index contributed by atoms with van der Waals surface area (Å²) in [5.41, 5.74) is 2.98. The second-order valence-electron chi connectivity index (χ2n) is 8.50. The van der Waals surface area contributed by atoms with E-state index in [1.54, 1.807) is 12.0 Å². The Morgan fingerprint density at radius 2 is 1.55 bits per heavy atom. The van der Waals surface area contributed by atoms with Crippen molar-refractivity contribution in [3.8, 4) is 5.75 Å². The van der Waals surface area contributed by atoms with Crippen LogP contribution in [0.1, 0.15) is 37.8 Å². The van der Waals surface area contributed by atoms with Gasteiger partial charge >= 0.3 is 6.03 Å². The molecule has 1 atom stereocenters. The molecule has 2 aromatic carbocycles. The molecule has 6 heteroatoms. The summed E-state index contributed by atoms with van der Waals surface area (Å²) in [7, 11) is 1.58. The smallest absolute Gasteiger partial charge is 0.322 e. The number of hydrogen-bond donors (Lipinski definition) is 1. The molecule has 1 fully saturated rings. The maximum atomic E-state index is 13.0. The van der Waals surface area contributed by atoms with Crippen LogP contribution in [0.3, 0.4) is 0 Å². The number of para-hydroxylation sites is 2. The molecule has 166 valence electrons. The lowest BCUT2D eigenvalue weighted by atomic mass is 9.95. The largest absolute Gasteiger partial charge is 0.495 e. The Morgan fingerprint density at radius 1 is 0.935 bits per heavy atom. The Labute approximate surface area is 185 Å². The van der Waals surface area contributed by atoms with Crippen LogP contribution in [0.5, 0.6) is 5.75 Å². The summed E-state index contributed by atoms with van der Waals surface area (Å²) in [5, 5.41) is 2.90. The molecule has 31 heavy (non-hydrogen) atoms. The van der Waals surface area contributed by atoms with Crippen LogP contribution in [0.4, 0.5) is 10.5 Å². The quantitative estimate of drug-likeness (QED) is 0.750. The van der Waals surface area contributed by atoms with Gasteiger partial charge in [0.05, 0.1) is 18.7 Å². The Balaban J connectivity index is 1.53. The molecular formula is C25H33N3O3. The predicted molar refractivity (Wildman–Crippen MR) is 124 cm³/mol. The molecule has 1 saturated heterocycles. The van der Waals surface area contributed by atoms with Crippen molar-refractivity contribution < 1.29 is 14.3 Å². The summed E-state index contributed by atoms with van der Waals surface area (Å²) >= 11 is 0. The molecule has 2 aromatic rings. The minimum absolute atomic E-state index is 0.112. The Morgan fingerprint density at radius 3 is 2.16 bits per heavy atom. The van der Waals surface area contributed by atoms with E-state index in [2.05, 4.69) is 43.4 Å². The van der Waals surface area contributed by atoms with Gasteiger partial charge in [0.15, 0.2) is 0 Å². The second-order valence-corrected chi connectivity index (χ2v) is 8.50. The van der Waals surface area contributed by atoms with Gasteiger partial charge in [0.25, 0.3) is 0 Å². The number of ether oxygens (including phenoxy) is 1. The number of rotatable bonds is 6. The zero-order valence-electron chi connectivity index (χ0n) is 18.9. The Bertz CT molecular complexity index is 887. The zero-order valence-corrected chi connectivity index (χ0v) is 18.9. The van der Waals surface area contributed by atoms with Crippen LogP contribution >= 0.6 is 0 Å². The van der Waals surface area contributed by atoms with Crippen LogP contribution in [0.25, 0.3) is 0 Å². The molecule has 0 radical (unpaired) electrons. The van der Waals surface area contributed by atoms with Crippen molar-refractivity contribution in [3.63, 3.8) is 0 Å². The van der Waals surface area contributed by atoms with Crippen LogP contribution in [0.15, 0.2) is 48.5 Å². The van der Waals surface area contributed by atoms with Crippen molar-refractivity contribution in [3.05, 3.63) is 59.7 Å². The molecule has 1 aliphatic rings. The molecule has 0 saturated carbocycles. The van der Waals surface area contributed by atoms with Crippen molar-refractivity contribution in [2.24, 2.45) is 5.92 Å². The number of urea groups is 1. The van der Waals surface area contributed by atoms with Gasteiger partial charge in [-0.1, -0.05) is 50.2 Å². The first kappa shape index (κ1) is 22.7. The van der Waals surface area contributed by atoms with Gasteiger partial charge in [-0.05, 0) is 42.5 Å². The highest BCUT2D eigenvalue weighted by Crippen LogP contribution is 2.24. The van der Waals surface area contributed by atoms with Gasteiger partial charge in [-0.3, -0.25) is 4.79 Å². The summed E-state index contributed by atoms with van der Waals surface area (Å²) in [5.74, 6) is 1.16. The fraction of sp³-hybridized carbons (Fsp3) is 0.440. The van der Waals surface area contributed by atoms with Crippen LogP contribution in [0.2, 0.25) is 0 Å². The van der Waals surface area contributed by atoms with Gasteiger partial charge in [0, 0.05) is 26.2 Å². The van der Waals surface area contributed by atoms with Gasteiger partial charge in [0.2, 0.25) is 5.91 Å². The summed E-state index contributed by atoms with van der Waals surface area (Å²) in [6.07, 6.45) is 1.04. The summed E-state index contributed by atoms with van der Waals surface area (Å²) in [4.78, 5) is 29.2. The number of carbonyl (C=O) groups excluding carboxylic acids is 2. The van der Waals surface area contributed by atoms with Gasteiger partial charge in [0.1, 0.15) is 5.75 Å². The van der Waals surface area contributed by atoms with Crippen molar-refractivity contribution in [1.82, 2.24) is 9.80 Å². The molecule has 0 bridgehead atoms. The molecular weight excluding hydrogens is 390 g/mol. The van der Waals surface area contributed by atoms with E-state index in [0.29, 0.717) is 43.5 Å². The number of piperazine rings is 1. The van der Waals surface area contributed by atoms with Crippen LogP contribution < -0.4 is 10.1 Å². The third-order valence-electron chi connectivity index (χ3n) is 5.72. The minimum Gasteiger partial charge on any atom is -0.495 e. The van der Waals surface area contributed by atoms with E-state index >= 15 is 0 Å². The summed E-state index contributed by atoms with van der Waals surface area (Å²) in [6, 6.07) is 15.5. The van der Waals surface area contributed by atoms with Crippen molar-refractivity contribution in [2.75, 3.05) is 38.6 Å². The highest BCUT2D eigenvalue weighted by atomic mass is 16.5. The lowest BCUT2D eigenvalue weighted by molar-refractivity contribution is -0.133. The number of anilines is 1. The van der Waals surface area contributed by atoms with Gasteiger partial charge in [-0.15, -0.1) is 0 Å². The average Bonchev–Trinajstić information content (AvgIpc) is 2.78. The number of nitrogens with one attached hydrogen (secondary N) is 1. The van der Waals surface area contributed by atoms with E-state index in [9.17, 15) is 9.59 Å². The van der Waals surface area contributed by atoms with E-state index < -0.39 is 0 Å². The number of benzene rings is 2. The highest BCUT2D eigenvalue weighted by Gasteiger charge is 2.28. The van der Waals surface area contributed by atoms with E-state index in [-0.39, 0.29) is 17.9 Å². The summed E-state index contributed by atoms with van der Waals surface area (Å²) in [6.45, 7) is 8.45. The third-order valence-corrected chi connectivity index (χ3v) is 5.72. The van der Waals surface area contributed by atoms with E-state index in [1.807, 2.05) is 36.1 Å². The van der Waals surface area contributed by atoms with Crippen molar-refractivity contribution >= 4 is 17.6 Å². The standard InChI is InChI=1S/C25H33N3O3/c1-18(2)17-20-9-11-21(12-10-20)19(3)24(29)27-13-15-28(16-14-27)25(30)26-22-7-5-6-8-23(22)31-4/h5-12,18-19H,13-17H2,1-4H3,(H,26,30). The third kappa shape index (κ3) is 5.78. The molecule has 6 nitrogen and oxygen atoms in total. The van der Waals surface area contributed by atoms with Crippen molar-refractivity contribution in [1.29, 1.82) is 0 Å². The lowest BCUT2D eigenvalue weighted by Gasteiger charge is -2.36. The molecule has 0 spiro atoms. The Hall–Kier alpha value is -3.02. The maximum Gasteiger partial charge on any atom is 0.322 e.